The number of nitrogens with zero attached hydrogens (tertiary/aromatic N) is 4. The monoisotopic (exact) mass is 381 g/mol. The molecule has 4 rings (SSSR count). The Morgan fingerprint density at radius 2 is 2.07 bits per heavy atom. The van der Waals surface area contributed by atoms with Gasteiger partial charge in [0.05, 0.1) is 23.8 Å². The molecule has 0 aromatic carbocycles. The van der Waals surface area contributed by atoms with Gasteiger partial charge in [-0.3, -0.25) is 19.4 Å². The summed E-state index contributed by atoms with van der Waals surface area (Å²) < 4.78 is 0. The zero-order valence-electron chi connectivity index (χ0n) is 15.9. The van der Waals surface area contributed by atoms with Gasteiger partial charge in [0.1, 0.15) is 11.5 Å². The molecule has 0 spiro atoms. The van der Waals surface area contributed by atoms with Crippen molar-refractivity contribution in [1.29, 1.82) is 0 Å². The van der Waals surface area contributed by atoms with Crippen molar-refractivity contribution in [1.82, 2.24) is 24.8 Å². The van der Waals surface area contributed by atoms with Crippen molar-refractivity contribution in [2.24, 2.45) is 0 Å². The molecule has 28 heavy (non-hydrogen) atoms. The lowest BCUT2D eigenvalue weighted by Gasteiger charge is -2.35. The van der Waals surface area contributed by atoms with Gasteiger partial charge in [-0.25, -0.2) is 4.98 Å². The molecular weight excluding hydrogens is 358 g/mol. The number of likely N-dealkylation sites (tertiary alicyclic amines) is 1. The minimum absolute atomic E-state index is 0.0476. The van der Waals surface area contributed by atoms with E-state index >= 15 is 0 Å². The van der Waals surface area contributed by atoms with Gasteiger partial charge >= 0.3 is 0 Å². The van der Waals surface area contributed by atoms with E-state index in [0.29, 0.717) is 36.6 Å². The number of carbonyl (C=O) groups is 2. The molecule has 0 unspecified atom stereocenters. The van der Waals surface area contributed by atoms with Crippen LogP contribution < -0.4 is 5.56 Å². The highest BCUT2D eigenvalue weighted by Gasteiger charge is 2.32. The standard InChI is InChI=1S/C20H23N5O3/c1-13(26)24-11-8-15-14(12-24)19(27)23-18(22-15)17-7-3-5-10-25(17)20(28)16-6-2-4-9-21-16/h2,4,6,9,17H,3,5,7-8,10-12H2,1H3,(H,22,23,27)/t17-/m0/s1. The summed E-state index contributed by atoms with van der Waals surface area (Å²) in [5.41, 5.74) is 1.45. The predicted molar refractivity (Wildman–Crippen MR) is 102 cm³/mol. The Morgan fingerprint density at radius 3 is 2.82 bits per heavy atom. The molecule has 0 bridgehead atoms. The summed E-state index contributed by atoms with van der Waals surface area (Å²) in [5, 5.41) is 0. The number of pyridine rings is 1. The van der Waals surface area contributed by atoms with Crippen molar-refractivity contribution >= 4 is 11.8 Å². The molecule has 4 heterocycles. The zero-order valence-corrected chi connectivity index (χ0v) is 15.9. The van der Waals surface area contributed by atoms with Crippen LogP contribution in [0, 0.1) is 0 Å². The van der Waals surface area contributed by atoms with Crippen LogP contribution in [-0.2, 0) is 17.8 Å². The first-order valence-corrected chi connectivity index (χ1v) is 9.64. The number of carbonyl (C=O) groups excluding carboxylic acids is 2. The van der Waals surface area contributed by atoms with Crippen LogP contribution >= 0.6 is 0 Å². The summed E-state index contributed by atoms with van der Waals surface area (Å²) in [7, 11) is 0. The molecule has 0 saturated carbocycles. The maximum absolute atomic E-state index is 13.0. The van der Waals surface area contributed by atoms with Crippen LogP contribution in [0.25, 0.3) is 0 Å². The van der Waals surface area contributed by atoms with Crippen LogP contribution in [0.15, 0.2) is 29.2 Å². The first-order chi connectivity index (χ1) is 13.5. The topological polar surface area (TPSA) is 99.3 Å². The first-order valence-electron chi connectivity index (χ1n) is 9.64. The molecule has 2 aliphatic rings. The largest absolute Gasteiger partial charge is 0.338 e. The van der Waals surface area contributed by atoms with E-state index in [0.717, 1.165) is 25.0 Å². The lowest BCUT2D eigenvalue weighted by atomic mass is 9.99. The fraction of sp³-hybridized carbons (Fsp3) is 0.450. The third-order valence-corrected chi connectivity index (χ3v) is 5.50. The third kappa shape index (κ3) is 3.42. The van der Waals surface area contributed by atoms with Gasteiger partial charge in [-0.1, -0.05) is 6.07 Å². The van der Waals surface area contributed by atoms with Gasteiger partial charge in [0.2, 0.25) is 5.91 Å². The zero-order chi connectivity index (χ0) is 19.7. The molecule has 1 N–H and O–H groups in total. The van der Waals surface area contributed by atoms with Crippen LogP contribution in [0.4, 0.5) is 0 Å². The van der Waals surface area contributed by atoms with E-state index in [-0.39, 0.29) is 30.0 Å². The van der Waals surface area contributed by atoms with E-state index in [1.165, 1.54) is 6.92 Å². The number of aromatic amines is 1. The highest BCUT2D eigenvalue weighted by molar-refractivity contribution is 5.92. The number of hydrogen-bond donors (Lipinski definition) is 1. The van der Waals surface area contributed by atoms with Crippen LogP contribution in [-0.4, -0.2) is 49.7 Å². The summed E-state index contributed by atoms with van der Waals surface area (Å²) in [6.07, 6.45) is 4.78. The number of H-pyrrole nitrogens is 1. The van der Waals surface area contributed by atoms with Gasteiger partial charge in [-0.15, -0.1) is 0 Å². The molecule has 0 aliphatic carbocycles. The quantitative estimate of drug-likeness (QED) is 0.849. The number of nitrogens with one attached hydrogen (secondary N) is 1. The maximum atomic E-state index is 13.0. The Hall–Kier alpha value is -3.03. The second-order valence-electron chi connectivity index (χ2n) is 7.29. The fourth-order valence-electron chi connectivity index (χ4n) is 3.97. The molecule has 2 aromatic rings. The van der Waals surface area contributed by atoms with Gasteiger partial charge in [0.25, 0.3) is 11.5 Å². The number of piperidine rings is 1. The third-order valence-electron chi connectivity index (χ3n) is 5.50. The van der Waals surface area contributed by atoms with Crippen molar-refractivity contribution in [2.45, 2.75) is 45.2 Å². The SMILES string of the molecule is CC(=O)N1CCc2nc([C@@H]3CCCCN3C(=O)c3ccccn3)[nH]c(=O)c2C1. The summed E-state index contributed by atoms with van der Waals surface area (Å²) in [5.74, 6) is 0.339. The molecule has 8 nitrogen and oxygen atoms in total. The number of aromatic nitrogens is 3. The van der Waals surface area contributed by atoms with Gasteiger partial charge in [-0.05, 0) is 31.4 Å². The second-order valence-corrected chi connectivity index (χ2v) is 7.29. The molecule has 1 atom stereocenters. The Balaban J connectivity index is 1.66. The highest BCUT2D eigenvalue weighted by atomic mass is 16.2. The van der Waals surface area contributed by atoms with Crippen LogP contribution in [0.5, 0.6) is 0 Å². The molecule has 2 aromatic heterocycles. The van der Waals surface area contributed by atoms with Crippen LogP contribution in [0.1, 0.15) is 59.8 Å². The van der Waals surface area contributed by atoms with E-state index in [9.17, 15) is 14.4 Å². The van der Waals surface area contributed by atoms with Crippen molar-refractivity contribution in [3.8, 4) is 0 Å². The lowest BCUT2D eigenvalue weighted by molar-refractivity contribution is -0.129. The molecule has 1 saturated heterocycles. The number of fused-ring (bicyclic) bond motifs is 1. The molecule has 146 valence electrons. The van der Waals surface area contributed by atoms with E-state index < -0.39 is 0 Å². The number of amides is 2. The van der Waals surface area contributed by atoms with E-state index in [1.54, 1.807) is 34.2 Å². The van der Waals surface area contributed by atoms with Crippen molar-refractivity contribution in [2.75, 3.05) is 13.1 Å². The molecule has 2 aliphatic heterocycles. The van der Waals surface area contributed by atoms with E-state index in [4.69, 9.17) is 4.98 Å². The normalized spacial score (nSPS) is 19.2. The summed E-state index contributed by atoms with van der Waals surface area (Å²) >= 11 is 0. The van der Waals surface area contributed by atoms with Gasteiger partial charge < -0.3 is 14.8 Å². The Bertz CT molecular complexity index is 956. The Kier molecular flexibility index (Phi) is 4.93. The van der Waals surface area contributed by atoms with Crippen molar-refractivity contribution in [3.63, 3.8) is 0 Å². The van der Waals surface area contributed by atoms with Crippen LogP contribution in [0.3, 0.4) is 0 Å². The number of rotatable bonds is 2. The molecule has 0 radical (unpaired) electrons. The Labute approximate surface area is 162 Å². The summed E-state index contributed by atoms with van der Waals surface area (Å²) in [4.78, 5) is 52.5. The maximum Gasteiger partial charge on any atom is 0.273 e. The second kappa shape index (κ2) is 7.53. The lowest BCUT2D eigenvalue weighted by Crippen LogP contribution is -2.42. The van der Waals surface area contributed by atoms with Gasteiger partial charge in [0, 0.05) is 32.6 Å². The van der Waals surface area contributed by atoms with E-state index in [2.05, 4.69) is 9.97 Å². The highest BCUT2D eigenvalue weighted by Crippen LogP contribution is 2.30. The van der Waals surface area contributed by atoms with Gasteiger partial charge in [-0.2, -0.15) is 0 Å². The number of hydrogen-bond acceptors (Lipinski definition) is 5. The predicted octanol–water partition coefficient (Wildman–Crippen LogP) is 1.44. The average Bonchev–Trinajstić information content (AvgIpc) is 2.73. The summed E-state index contributed by atoms with van der Waals surface area (Å²) in [6, 6.07) is 5.00. The molecule has 8 heteroatoms. The minimum atomic E-state index is -0.271. The minimum Gasteiger partial charge on any atom is -0.338 e. The van der Waals surface area contributed by atoms with E-state index in [1.807, 2.05) is 0 Å². The smallest absolute Gasteiger partial charge is 0.273 e. The fourth-order valence-corrected chi connectivity index (χ4v) is 3.97. The Morgan fingerprint density at radius 1 is 1.21 bits per heavy atom. The van der Waals surface area contributed by atoms with Crippen molar-refractivity contribution in [3.05, 3.63) is 57.5 Å². The average molecular weight is 381 g/mol. The molecule has 2 amide bonds. The molecular formula is C20H23N5O3. The molecule has 1 fully saturated rings. The first kappa shape index (κ1) is 18.3. The van der Waals surface area contributed by atoms with Crippen LogP contribution in [0.2, 0.25) is 0 Å². The van der Waals surface area contributed by atoms with Gasteiger partial charge in [0.15, 0.2) is 0 Å². The summed E-state index contributed by atoms with van der Waals surface area (Å²) in [6.45, 7) is 2.96. The van der Waals surface area contributed by atoms with Crippen molar-refractivity contribution < 1.29 is 9.59 Å².